The van der Waals surface area contributed by atoms with E-state index in [4.69, 9.17) is 4.12 Å². The molecule has 0 N–H and O–H groups in total. The van der Waals surface area contributed by atoms with Gasteiger partial charge in [-0.2, -0.15) is 0 Å². The SMILES string of the molecule is CC/C(C)=C/C[Si](C)(C)O[Si](C)(C)C/C=C(\C)CC. The van der Waals surface area contributed by atoms with Crippen molar-refractivity contribution in [3.8, 4) is 0 Å². The molecule has 0 aliphatic rings. The summed E-state index contributed by atoms with van der Waals surface area (Å²) >= 11 is 0. The van der Waals surface area contributed by atoms with Crippen LogP contribution in [0.4, 0.5) is 0 Å². The lowest BCUT2D eigenvalue weighted by Gasteiger charge is -2.33. The van der Waals surface area contributed by atoms with Crippen molar-refractivity contribution in [1.29, 1.82) is 0 Å². The third kappa shape index (κ3) is 9.41. The molecule has 0 spiro atoms. The summed E-state index contributed by atoms with van der Waals surface area (Å²) in [6.07, 6.45) is 7.10. The van der Waals surface area contributed by atoms with Gasteiger partial charge in [0.1, 0.15) is 0 Å². The summed E-state index contributed by atoms with van der Waals surface area (Å²) < 4.78 is 6.60. The van der Waals surface area contributed by atoms with Gasteiger partial charge in [-0.15, -0.1) is 0 Å². The maximum absolute atomic E-state index is 6.60. The average Bonchev–Trinajstić information content (AvgIpc) is 2.31. The summed E-state index contributed by atoms with van der Waals surface area (Å²) in [5, 5.41) is 0. The van der Waals surface area contributed by atoms with Crippen LogP contribution in [0.1, 0.15) is 40.5 Å². The highest BCUT2D eigenvalue weighted by atomic mass is 28.4. The topological polar surface area (TPSA) is 9.23 Å². The summed E-state index contributed by atoms with van der Waals surface area (Å²) in [7, 11) is -3.09. The van der Waals surface area contributed by atoms with Crippen LogP contribution < -0.4 is 0 Å². The van der Waals surface area contributed by atoms with Crippen molar-refractivity contribution >= 4 is 16.6 Å². The van der Waals surface area contributed by atoms with E-state index < -0.39 is 16.6 Å². The van der Waals surface area contributed by atoms with Gasteiger partial charge in [0, 0.05) is 0 Å². The van der Waals surface area contributed by atoms with Crippen molar-refractivity contribution in [3.63, 3.8) is 0 Å². The average molecular weight is 299 g/mol. The molecule has 112 valence electrons. The maximum Gasteiger partial charge on any atom is 0.177 e. The van der Waals surface area contributed by atoms with Crippen molar-refractivity contribution in [2.24, 2.45) is 0 Å². The van der Waals surface area contributed by atoms with Crippen LogP contribution in [0.5, 0.6) is 0 Å². The van der Waals surface area contributed by atoms with E-state index >= 15 is 0 Å². The Bertz CT molecular complexity index is 296. The lowest BCUT2D eigenvalue weighted by Crippen LogP contribution is -2.43. The molecule has 0 aliphatic heterocycles. The molecule has 0 atom stereocenters. The standard InChI is InChI=1S/C16H34OSi2/c1-9-15(3)11-13-18(5,6)17-19(7,8)14-12-16(4)10-2/h11-12H,9-10,13-14H2,1-8H3/b15-11+,16-12+. The molecule has 0 heterocycles. The molecule has 0 radical (unpaired) electrons. The van der Waals surface area contributed by atoms with E-state index in [9.17, 15) is 0 Å². The molecule has 0 rings (SSSR count). The molecule has 3 heteroatoms. The van der Waals surface area contributed by atoms with E-state index in [2.05, 4.69) is 66.0 Å². The Balaban J connectivity index is 4.53. The molecule has 0 unspecified atom stereocenters. The van der Waals surface area contributed by atoms with Gasteiger partial charge >= 0.3 is 0 Å². The Morgan fingerprint density at radius 1 is 0.789 bits per heavy atom. The summed E-state index contributed by atoms with van der Waals surface area (Å²) in [4.78, 5) is 0. The van der Waals surface area contributed by atoms with Gasteiger partial charge in [-0.25, -0.2) is 0 Å². The van der Waals surface area contributed by atoms with E-state index in [-0.39, 0.29) is 0 Å². The normalized spacial score (nSPS) is 14.9. The van der Waals surface area contributed by atoms with Crippen molar-refractivity contribution in [1.82, 2.24) is 0 Å². The highest BCUT2D eigenvalue weighted by Crippen LogP contribution is 2.23. The van der Waals surface area contributed by atoms with Crippen LogP contribution in [0.15, 0.2) is 23.3 Å². The zero-order valence-corrected chi connectivity index (χ0v) is 16.4. The Morgan fingerprint density at radius 3 is 1.37 bits per heavy atom. The first kappa shape index (κ1) is 18.9. The Morgan fingerprint density at radius 2 is 1.11 bits per heavy atom. The second-order valence-electron chi connectivity index (χ2n) is 6.84. The van der Waals surface area contributed by atoms with E-state index in [0.717, 1.165) is 24.9 Å². The highest BCUT2D eigenvalue weighted by molar-refractivity contribution is 6.85. The highest BCUT2D eigenvalue weighted by Gasteiger charge is 2.31. The molecule has 0 aromatic carbocycles. The van der Waals surface area contributed by atoms with E-state index in [1.165, 1.54) is 11.1 Å². The summed E-state index contributed by atoms with van der Waals surface area (Å²) in [5.41, 5.74) is 2.98. The zero-order chi connectivity index (χ0) is 15.1. The maximum atomic E-state index is 6.60. The molecule has 0 fully saturated rings. The minimum atomic E-state index is -1.54. The lowest BCUT2D eigenvalue weighted by atomic mass is 10.2. The fourth-order valence-corrected chi connectivity index (χ4v) is 10.3. The molecule has 0 amide bonds. The second kappa shape index (κ2) is 8.23. The van der Waals surface area contributed by atoms with Crippen molar-refractivity contribution in [2.45, 2.75) is 78.8 Å². The molecule has 0 aromatic heterocycles. The van der Waals surface area contributed by atoms with Crippen LogP contribution in [-0.4, -0.2) is 16.6 Å². The van der Waals surface area contributed by atoms with Crippen molar-refractivity contribution in [2.75, 3.05) is 0 Å². The van der Waals surface area contributed by atoms with Gasteiger partial charge < -0.3 is 4.12 Å². The number of hydrogen-bond donors (Lipinski definition) is 0. The van der Waals surface area contributed by atoms with Crippen LogP contribution >= 0.6 is 0 Å². The van der Waals surface area contributed by atoms with Gasteiger partial charge in [0.15, 0.2) is 16.6 Å². The summed E-state index contributed by atoms with van der Waals surface area (Å²) in [6, 6.07) is 2.30. The monoisotopic (exact) mass is 298 g/mol. The molecular weight excluding hydrogens is 264 g/mol. The van der Waals surface area contributed by atoms with E-state index in [1.54, 1.807) is 0 Å². The van der Waals surface area contributed by atoms with E-state index in [1.807, 2.05) is 0 Å². The van der Waals surface area contributed by atoms with Crippen molar-refractivity contribution in [3.05, 3.63) is 23.3 Å². The molecular formula is C16H34OSi2. The van der Waals surface area contributed by atoms with Crippen molar-refractivity contribution < 1.29 is 4.12 Å². The van der Waals surface area contributed by atoms with Gasteiger partial charge in [-0.1, -0.05) is 37.1 Å². The molecule has 0 saturated carbocycles. The lowest BCUT2D eigenvalue weighted by molar-refractivity contribution is 0.548. The van der Waals surface area contributed by atoms with Gasteiger partial charge in [-0.05, 0) is 65.0 Å². The molecule has 0 aliphatic carbocycles. The molecule has 19 heavy (non-hydrogen) atoms. The third-order valence-electron chi connectivity index (χ3n) is 3.55. The first-order valence-corrected chi connectivity index (χ1v) is 13.9. The van der Waals surface area contributed by atoms with Crippen LogP contribution in [0.2, 0.25) is 38.3 Å². The molecule has 1 nitrogen and oxygen atoms in total. The molecule has 0 saturated heterocycles. The molecule has 0 aromatic rings. The van der Waals surface area contributed by atoms with Gasteiger partial charge in [0.05, 0.1) is 0 Å². The van der Waals surface area contributed by atoms with Crippen LogP contribution in [0, 0.1) is 0 Å². The van der Waals surface area contributed by atoms with Gasteiger partial charge in [-0.3, -0.25) is 0 Å². The first-order valence-electron chi connectivity index (χ1n) is 7.63. The van der Waals surface area contributed by atoms with Gasteiger partial charge in [0.2, 0.25) is 0 Å². The van der Waals surface area contributed by atoms with Crippen LogP contribution in [0.3, 0.4) is 0 Å². The summed E-state index contributed by atoms with van der Waals surface area (Å²) in [5.74, 6) is 0. The second-order valence-corrected chi connectivity index (χ2v) is 15.5. The zero-order valence-electron chi connectivity index (χ0n) is 14.4. The third-order valence-corrected chi connectivity index (χ3v) is 10.3. The molecule has 0 bridgehead atoms. The number of rotatable bonds is 8. The smallest absolute Gasteiger partial charge is 0.177 e. The van der Waals surface area contributed by atoms with Crippen LogP contribution in [0.25, 0.3) is 0 Å². The number of allylic oxidation sites excluding steroid dienone is 4. The Kier molecular flexibility index (Phi) is 8.17. The Hall–Kier alpha value is -0.126. The predicted molar refractivity (Wildman–Crippen MR) is 93.8 cm³/mol. The number of hydrogen-bond acceptors (Lipinski definition) is 1. The minimum absolute atomic E-state index is 1.15. The fraction of sp³-hybridized carbons (Fsp3) is 0.750. The minimum Gasteiger partial charge on any atom is -0.455 e. The first-order chi connectivity index (χ1) is 8.62. The van der Waals surface area contributed by atoms with E-state index in [0.29, 0.717) is 0 Å². The predicted octanol–water partition coefficient (Wildman–Crippen LogP) is 6.13. The van der Waals surface area contributed by atoms with Gasteiger partial charge in [0.25, 0.3) is 0 Å². The van der Waals surface area contributed by atoms with Crippen LogP contribution in [-0.2, 0) is 4.12 Å². The fourth-order valence-electron chi connectivity index (χ4n) is 1.96. The quantitative estimate of drug-likeness (QED) is 0.387. The summed E-state index contributed by atoms with van der Waals surface area (Å²) in [6.45, 7) is 18.3. The Labute approximate surface area is 123 Å². The largest absolute Gasteiger partial charge is 0.455 e.